The Morgan fingerprint density at radius 1 is 0.918 bits per heavy atom. The van der Waals surface area contributed by atoms with Crippen LogP contribution in [0, 0.1) is 6.92 Å². The van der Waals surface area contributed by atoms with Crippen molar-refractivity contribution in [3.63, 3.8) is 0 Å². The molecule has 0 unspecified atom stereocenters. The SMILES string of the molecule is Cc1c(NC(=O)c2cccc(OCC(=O)O)c2)c2ccccn2c1C(=O)c1ccc(N=COC(F)(F)F)c(C(=O)OCc2ccccc2)c1. The minimum atomic E-state index is -5.01. The van der Waals surface area contributed by atoms with E-state index in [1.807, 2.05) is 0 Å². The normalized spacial score (nSPS) is 11.3. The number of aromatic nitrogens is 1. The second-order valence-electron chi connectivity index (χ2n) is 10.4. The monoisotopic (exact) mass is 673 g/mol. The Balaban J connectivity index is 1.48. The van der Waals surface area contributed by atoms with Gasteiger partial charge in [-0.05, 0) is 61.0 Å². The molecule has 1 amide bonds. The summed E-state index contributed by atoms with van der Waals surface area (Å²) >= 11 is 0. The number of carboxylic acid groups (broad SMARTS) is 1. The number of rotatable bonds is 12. The molecule has 0 bridgehead atoms. The van der Waals surface area contributed by atoms with Crippen LogP contribution in [-0.4, -0.2) is 52.5 Å². The minimum Gasteiger partial charge on any atom is -0.482 e. The largest absolute Gasteiger partial charge is 0.573 e. The predicted octanol–water partition coefficient (Wildman–Crippen LogP) is 6.75. The van der Waals surface area contributed by atoms with Crippen molar-refractivity contribution in [3.05, 3.63) is 131 Å². The number of nitrogens with one attached hydrogen (secondary N) is 1. The highest BCUT2D eigenvalue weighted by molar-refractivity contribution is 6.15. The Bertz CT molecular complexity index is 2070. The third-order valence-electron chi connectivity index (χ3n) is 7.07. The Hall–Kier alpha value is -6.44. The molecule has 0 aliphatic heterocycles. The smallest absolute Gasteiger partial charge is 0.482 e. The van der Waals surface area contributed by atoms with E-state index in [1.54, 1.807) is 66.1 Å². The number of carbonyl (C=O) groups excluding carboxylic acids is 3. The van der Waals surface area contributed by atoms with Gasteiger partial charge >= 0.3 is 18.3 Å². The van der Waals surface area contributed by atoms with Gasteiger partial charge in [-0.3, -0.25) is 9.59 Å². The summed E-state index contributed by atoms with van der Waals surface area (Å²) in [5.74, 6) is -3.11. The highest BCUT2D eigenvalue weighted by Gasteiger charge is 2.30. The number of aliphatic imine (C=N–C) groups is 1. The number of hydrogen-bond acceptors (Lipinski definition) is 8. The van der Waals surface area contributed by atoms with E-state index in [4.69, 9.17) is 14.6 Å². The number of pyridine rings is 1. The standard InChI is InChI=1S/C35H26F3N3O8/c1-21-30(40-33(45)24-10-7-11-25(16-24)47-19-29(42)43)28-12-5-6-15-41(28)31(21)32(44)23-13-14-27(39-20-49-35(36,37)38)26(17-23)34(46)48-18-22-8-3-2-4-9-22/h2-17,20H,18-19H2,1H3,(H,40,45)(H,42,43). The van der Waals surface area contributed by atoms with Crippen LogP contribution in [0.4, 0.5) is 24.5 Å². The lowest BCUT2D eigenvalue weighted by atomic mass is 10.0. The number of halogens is 3. The van der Waals surface area contributed by atoms with Crippen LogP contribution in [0.3, 0.4) is 0 Å². The molecule has 2 aromatic heterocycles. The third-order valence-corrected chi connectivity index (χ3v) is 7.07. The summed E-state index contributed by atoms with van der Waals surface area (Å²) in [7, 11) is 0. The van der Waals surface area contributed by atoms with Crippen molar-refractivity contribution >= 4 is 46.9 Å². The van der Waals surface area contributed by atoms with Crippen LogP contribution in [0.1, 0.15) is 47.9 Å². The van der Waals surface area contributed by atoms with Crippen molar-refractivity contribution in [3.8, 4) is 5.75 Å². The highest BCUT2D eigenvalue weighted by atomic mass is 19.4. The maximum Gasteiger partial charge on any atom is 0.573 e. The van der Waals surface area contributed by atoms with E-state index in [-0.39, 0.29) is 46.8 Å². The molecule has 0 spiro atoms. The minimum absolute atomic E-state index is 0.0186. The molecule has 0 aliphatic rings. The molecule has 250 valence electrons. The number of nitrogens with zero attached hydrogens (tertiary/aromatic N) is 2. The fourth-order valence-electron chi connectivity index (χ4n) is 4.86. The van der Waals surface area contributed by atoms with Crippen LogP contribution < -0.4 is 10.1 Å². The first-order valence-electron chi connectivity index (χ1n) is 14.4. The first-order valence-corrected chi connectivity index (χ1v) is 14.4. The van der Waals surface area contributed by atoms with Crippen LogP contribution in [0.15, 0.2) is 102 Å². The van der Waals surface area contributed by atoms with E-state index in [2.05, 4.69) is 15.0 Å². The van der Waals surface area contributed by atoms with E-state index in [0.717, 1.165) is 0 Å². The van der Waals surface area contributed by atoms with Gasteiger partial charge in [-0.1, -0.05) is 42.5 Å². The van der Waals surface area contributed by atoms with Crippen LogP contribution in [0.5, 0.6) is 5.75 Å². The number of carbonyl (C=O) groups is 4. The number of benzene rings is 3. The summed E-state index contributed by atoms with van der Waals surface area (Å²) in [6.07, 6.45) is -3.27. The maximum absolute atomic E-state index is 14.1. The lowest BCUT2D eigenvalue weighted by Gasteiger charge is -2.10. The van der Waals surface area contributed by atoms with Crippen molar-refractivity contribution in [2.75, 3.05) is 11.9 Å². The average Bonchev–Trinajstić information content (AvgIpc) is 3.36. The van der Waals surface area contributed by atoms with E-state index in [0.29, 0.717) is 22.3 Å². The zero-order chi connectivity index (χ0) is 35.1. The lowest BCUT2D eigenvalue weighted by molar-refractivity contribution is -0.280. The molecular formula is C35H26F3N3O8. The Kier molecular flexibility index (Phi) is 10.1. The maximum atomic E-state index is 14.1. The molecule has 5 rings (SSSR count). The average molecular weight is 674 g/mol. The van der Waals surface area contributed by atoms with Crippen LogP contribution >= 0.6 is 0 Å². The summed E-state index contributed by atoms with van der Waals surface area (Å²) in [6.45, 7) is 0.867. The molecule has 0 atom stereocenters. The van der Waals surface area contributed by atoms with Gasteiger partial charge in [-0.2, -0.15) is 0 Å². The van der Waals surface area contributed by atoms with Crippen molar-refractivity contribution < 1.29 is 51.7 Å². The van der Waals surface area contributed by atoms with Gasteiger partial charge in [0, 0.05) is 22.9 Å². The summed E-state index contributed by atoms with van der Waals surface area (Å²) in [4.78, 5) is 55.1. The Labute approximate surface area is 276 Å². The zero-order valence-electron chi connectivity index (χ0n) is 25.6. The number of hydrogen-bond donors (Lipinski definition) is 2. The van der Waals surface area contributed by atoms with Gasteiger partial charge < -0.3 is 29.0 Å². The first-order chi connectivity index (χ1) is 23.4. The number of amides is 1. The summed E-state index contributed by atoms with van der Waals surface area (Å²) < 4.78 is 53.5. The molecule has 5 aromatic rings. The van der Waals surface area contributed by atoms with E-state index in [1.165, 1.54) is 42.5 Å². The number of ketones is 1. The van der Waals surface area contributed by atoms with Crippen LogP contribution in [-0.2, 0) is 20.9 Å². The number of aliphatic carboxylic acids is 1. The molecule has 0 fully saturated rings. The van der Waals surface area contributed by atoms with Gasteiger partial charge in [-0.25, -0.2) is 14.6 Å². The van der Waals surface area contributed by atoms with Crippen molar-refractivity contribution in [1.29, 1.82) is 0 Å². The zero-order valence-corrected chi connectivity index (χ0v) is 25.6. The predicted molar refractivity (Wildman–Crippen MR) is 170 cm³/mol. The molecule has 0 aliphatic carbocycles. The van der Waals surface area contributed by atoms with Gasteiger partial charge in [0.15, 0.2) is 13.0 Å². The second kappa shape index (κ2) is 14.5. The topological polar surface area (TPSA) is 145 Å². The number of esters is 1. The number of fused-ring (bicyclic) bond motifs is 1. The van der Waals surface area contributed by atoms with Gasteiger partial charge in [0.25, 0.3) is 5.91 Å². The lowest BCUT2D eigenvalue weighted by Crippen LogP contribution is -2.14. The number of ether oxygens (including phenoxy) is 3. The molecule has 49 heavy (non-hydrogen) atoms. The number of anilines is 1. The molecule has 3 aromatic carbocycles. The molecule has 0 saturated carbocycles. The van der Waals surface area contributed by atoms with Crippen molar-refractivity contribution in [1.82, 2.24) is 4.40 Å². The fourth-order valence-corrected chi connectivity index (χ4v) is 4.86. The summed E-state index contributed by atoms with van der Waals surface area (Å²) in [5.41, 5.74) is 1.53. The van der Waals surface area contributed by atoms with Gasteiger partial charge in [0.1, 0.15) is 12.4 Å². The molecule has 2 N–H and O–H groups in total. The quantitative estimate of drug-likeness (QED) is 0.0641. The van der Waals surface area contributed by atoms with Crippen molar-refractivity contribution in [2.24, 2.45) is 4.99 Å². The van der Waals surface area contributed by atoms with Gasteiger partial charge in [0.2, 0.25) is 5.78 Å². The molecular weight excluding hydrogens is 647 g/mol. The summed E-state index contributed by atoms with van der Waals surface area (Å²) in [5, 5.41) is 11.7. The fraction of sp³-hybridized carbons (Fsp3) is 0.114. The molecule has 0 saturated heterocycles. The van der Waals surface area contributed by atoms with Crippen LogP contribution in [0.2, 0.25) is 0 Å². The van der Waals surface area contributed by atoms with E-state index in [9.17, 15) is 32.3 Å². The van der Waals surface area contributed by atoms with Crippen LogP contribution in [0.25, 0.3) is 5.52 Å². The van der Waals surface area contributed by atoms with E-state index >= 15 is 0 Å². The van der Waals surface area contributed by atoms with E-state index < -0.39 is 36.6 Å². The van der Waals surface area contributed by atoms with Gasteiger partial charge in [0.05, 0.1) is 28.1 Å². The summed E-state index contributed by atoms with van der Waals surface area (Å²) in [6, 6.07) is 23.3. The third kappa shape index (κ3) is 8.29. The molecule has 0 radical (unpaired) electrons. The molecule has 11 nitrogen and oxygen atoms in total. The Morgan fingerprint density at radius 2 is 1.67 bits per heavy atom. The molecule has 2 heterocycles. The van der Waals surface area contributed by atoms with Gasteiger partial charge in [-0.15, -0.1) is 13.2 Å². The Morgan fingerprint density at radius 3 is 2.41 bits per heavy atom. The molecule has 14 heteroatoms. The highest BCUT2D eigenvalue weighted by Crippen LogP contribution is 2.32. The first kappa shape index (κ1) is 33.9. The number of alkyl halides is 3. The van der Waals surface area contributed by atoms with Crippen molar-refractivity contribution in [2.45, 2.75) is 19.9 Å². The second-order valence-corrected chi connectivity index (χ2v) is 10.4. The number of carboxylic acids is 1.